The second kappa shape index (κ2) is 6.04. The standard InChI is InChI=1S/C13H20O2S/c1-12(2)8-10-16(14,15)11-9-13-6-4-3-5-7-13/h3-7,12H,8-11H2,1-2H3. The Morgan fingerprint density at radius 2 is 1.69 bits per heavy atom. The van der Waals surface area contributed by atoms with Crippen LogP contribution in [0.3, 0.4) is 0 Å². The highest BCUT2D eigenvalue weighted by atomic mass is 32.2. The molecule has 0 saturated carbocycles. The average Bonchev–Trinajstić information content (AvgIpc) is 2.26. The van der Waals surface area contributed by atoms with Crippen molar-refractivity contribution in [2.45, 2.75) is 26.7 Å². The number of hydrogen-bond acceptors (Lipinski definition) is 2. The summed E-state index contributed by atoms with van der Waals surface area (Å²) < 4.78 is 23.4. The molecule has 90 valence electrons. The Kier molecular flexibility index (Phi) is 5.00. The zero-order valence-electron chi connectivity index (χ0n) is 10.0. The summed E-state index contributed by atoms with van der Waals surface area (Å²) in [4.78, 5) is 0. The van der Waals surface area contributed by atoms with Crippen LogP contribution in [0.5, 0.6) is 0 Å². The van der Waals surface area contributed by atoms with Crippen molar-refractivity contribution in [3.63, 3.8) is 0 Å². The first-order valence-corrected chi connectivity index (χ1v) is 7.56. The van der Waals surface area contributed by atoms with E-state index in [1.807, 2.05) is 44.2 Å². The van der Waals surface area contributed by atoms with Crippen LogP contribution in [0.15, 0.2) is 30.3 Å². The summed E-state index contributed by atoms with van der Waals surface area (Å²) >= 11 is 0. The Labute approximate surface area is 98.6 Å². The first kappa shape index (κ1) is 13.2. The SMILES string of the molecule is CC(C)CCS(=O)(=O)CCc1ccccc1. The summed E-state index contributed by atoms with van der Waals surface area (Å²) in [5.74, 6) is 1.04. The van der Waals surface area contributed by atoms with E-state index in [1.165, 1.54) is 0 Å². The lowest BCUT2D eigenvalue weighted by molar-refractivity contribution is 0.573. The molecule has 0 aliphatic rings. The molecule has 16 heavy (non-hydrogen) atoms. The molecule has 0 bridgehead atoms. The fourth-order valence-corrected chi connectivity index (χ4v) is 3.02. The normalized spacial score (nSPS) is 11.9. The van der Waals surface area contributed by atoms with Gasteiger partial charge in [0.1, 0.15) is 0 Å². The second-order valence-corrected chi connectivity index (χ2v) is 6.87. The van der Waals surface area contributed by atoms with Gasteiger partial charge in [0.25, 0.3) is 0 Å². The predicted molar refractivity (Wildman–Crippen MR) is 68.3 cm³/mol. The molecule has 0 saturated heterocycles. The molecular formula is C13H20O2S. The van der Waals surface area contributed by atoms with Gasteiger partial charge in [-0.2, -0.15) is 0 Å². The van der Waals surface area contributed by atoms with Gasteiger partial charge in [-0.3, -0.25) is 0 Å². The minimum atomic E-state index is -2.87. The molecular weight excluding hydrogens is 220 g/mol. The molecule has 0 spiro atoms. The van der Waals surface area contributed by atoms with Gasteiger partial charge >= 0.3 is 0 Å². The van der Waals surface area contributed by atoms with Crippen LogP contribution in [0.2, 0.25) is 0 Å². The maximum Gasteiger partial charge on any atom is 0.150 e. The quantitative estimate of drug-likeness (QED) is 0.766. The van der Waals surface area contributed by atoms with Gasteiger partial charge in [0.05, 0.1) is 11.5 Å². The number of hydrogen-bond donors (Lipinski definition) is 0. The third-order valence-corrected chi connectivity index (χ3v) is 4.23. The average molecular weight is 240 g/mol. The van der Waals surface area contributed by atoms with E-state index in [-0.39, 0.29) is 5.75 Å². The largest absolute Gasteiger partial charge is 0.229 e. The van der Waals surface area contributed by atoms with E-state index in [1.54, 1.807) is 0 Å². The van der Waals surface area contributed by atoms with E-state index in [0.29, 0.717) is 18.1 Å². The molecule has 2 nitrogen and oxygen atoms in total. The maximum absolute atomic E-state index is 11.7. The van der Waals surface area contributed by atoms with Gasteiger partial charge in [-0.1, -0.05) is 44.2 Å². The fraction of sp³-hybridized carbons (Fsp3) is 0.538. The highest BCUT2D eigenvalue weighted by Gasteiger charge is 2.11. The van der Waals surface area contributed by atoms with Gasteiger partial charge in [0.15, 0.2) is 9.84 Å². The minimum absolute atomic E-state index is 0.268. The van der Waals surface area contributed by atoms with Crippen molar-refractivity contribution in [1.82, 2.24) is 0 Å². The topological polar surface area (TPSA) is 34.1 Å². The molecule has 1 aromatic rings. The van der Waals surface area contributed by atoms with Gasteiger partial charge in [0.2, 0.25) is 0 Å². The Hall–Kier alpha value is -0.830. The molecule has 0 aromatic heterocycles. The molecule has 0 radical (unpaired) electrons. The van der Waals surface area contributed by atoms with E-state index < -0.39 is 9.84 Å². The van der Waals surface area contributed by atoms with Crippen molar-refractivity contribution < 1.29 is 8.42 Å². The van der Waals surface area contributed by atoms with E-state index in [4.69, 9.17) is 0 Å². The van der Waals surface area contributed by atoms with Crippen molar-refractivity contribution in [1.29, 1.82) is 0 Å². The van der Waals surface area contributed by atoms with Crippen LogP contribution >= 0.6 is 0 Å². The molecule has 0 fully saturated rings. The van der Waals surface area contributed by atoms with Crippen LogP contribution in [0, 0.1) is 5.92 Å². The van der Waals surface area contributed by atoms with Crippen molar-refractivity contribution >= 4 is 9.84 Å². The Morgan fingerprint density at radius 1 is 1.06 bits per heavy atom. The summed E-state index contributed by atoms with van der Waals surface area (Å²) in [7, 11) is -2.87. The summed E-state index contributed by atoms with van der Waals surface area (Å²) in [6, 6.07) is 9.76. The molecule has 1 rings (SSSR count). The molecule has 0 aliphatic carbocycles. The van der Waals surface area contributed by atoms with Crippen LogP contribution in [0.25, 0.3) is 0 Å². The van der Waals surface area contributed by atoms with Crippen LogP contribution in [0.1, 0.15) is 25.8 Å². The van der Waals surface area contributed by atoms with Crippen LogP contribution < -0.4 is 0 Å². The summed E-state index contributed by atoms with van der Waals surface area (Å²) in [5, 5.41) is 0. The van der Waals surface area contributed by atoms with E-state index in [2.05, 4.69) is 0 Å². The highest BCUT2D eigenvalue weighted by molar-refractivity contribution is 7.91. The lowest BCUT2D eigenvalue weighted by Gasteiger charge is -2.06. The molecule has 0 aliphatic heterocycles. The zero-order valence-corrected chi connectivity index (χ0v) is 10.8. The second-order valence-electron chi connectivity index (χ2n) is 4.57. The van der Waals surface area contributed by atoms with Crippen molar-refractivity contribution in [3.05, 3.63) is 35.9 Å². The third kappa shape index (κ3) is 5.31. The number of rotatable bonds is 6. The molecule has 3 heteroatoms. The number of aryl methyl sites for hydroxylation is 1. The smallest absolute Gasteiger partial charge is 0.150 e. The van der Waals surface area contributed by atoms with Gasteiger partial charge in [-0.05, 0) is 24.3 Å². The van der Waals surface area contributed by atoms with Crippen molar-refractivity contribution in [3.8, 4) is 0 Å². The van der Waals surface area contributed by atoms with Crippen LogP contribution in [-0.4, -0.2) is 19.9 Å². The van der Waals surface area contributed by atoms with Crippen LogP contribution in [-0.2, 0) is 16.3 Å². The summed E-state index contributed by atoms with van der Waals surface area (Å²) in [5.41, 5.74) is 1.09. The Balaban J connectivity index is 2.42. The Morgan fingerprint density at radius 3 is 2.25 bits per heavy atom. The third-order valence-electron chi connectivity index (χ3n) is 2.55. The molecule has 0 unspecified atom stereocenters. The number of benzene rings is 1. The fourth-order valence-electron chi connectivity index (χ4n) is 1.44. The van der Waals surface area contributed by atoms with Crippen molar-refractivity contribution in [2.24, 2.45) is 5.92 Å². The highest BCUT2D eigenvalue weighted by Crippen LogP contribution is 2.06. The first-order chi connectivity index (χ1) is 7.49. The summed E-state index contributed by atoms with van der Waals surface area (Å²) in [6.07, 6.45) is 1.39. The molecule has 0 amide bonds. The maximum atomic E-state index is 11.7. The minimum Gasteiger partial charge on any atom is -0.229 e. The predicted octanol–water partition coefficient (Wildman–Crippen LogP) is 2.69. The van der Waals surface area contributed by atoms with Crippen LogP contribution in [0.4, 0.5) is 0 Å². The number of sulfone groups is 1. The van der Waals surface area contributed by atoms with E-state index >= 15 is 0 Å². The van der Waals surface area contributed by atoms with E-state index in [0.717, 1.165) is 12.0 Å². The zero-order chi connectivity index (χ0) is 12.0. The van der Waals surface area contributed by atoms with Crippen molar-refractivity contribution in [2.75, 3.05) is 11.5 Å². The van der Waals surface area contributed by atoms with Gasteiger partial charge in [-0.25, -0.2) is 8.42 Å². The van der Waals surface area contributed by atoms with Gasteiger partial charge in [0, 0.05) is 0 Å². The molecule has 0 atom stereocenters. The molecule has 1 aromatic carbocycles. The Bertz CT molecular complexity index is 393. The molecule has 0 N–H and O–H groups in total. The first-order valence-electron chi connectivity index (χ1n) is 5.74. The van der Waals surface area contributed by atoms with Gasteiger partial charge in [-0.15, -0.1) is 0 Å². The summed E-state index contributed by atoms with van der Waals surface area (Å²) in [6.45, 7) is 4.10. The van der Waals surface area contributed by atoms with E-state index in [9.17, 15) is 8.42 Å². The molecule has 0 heterocycles. The monoisotopic (exact) mass is 240 g/mol. The lowest BCUT2D eigenvalue weighted by atomic mass is 10.2. The van der Waals surface area contributed by atoms with Gasteiger partial charge < -0.3 is 0 Å². The lowest BCUT2D eigenvalue weighted by Crippen LogP contribution is -2.14.